The van der Waals surface area contributed by atoms with Gasteiger partial charge in [0.05, 0.1) is 12.1 Å². The molecular formula is C17H27N3. The van der Waals surface area contributed by atoms with Gasteiger partial charge < -0.3 is 10.6 Å². The van der Waals surface area contributed by atoms with Gasteiger partial charge in [-0.1, -0.05) is 44.7 Å². The van der Waals surface area contributed by atoms with E-state index in [1.165, 1.54) is 36.9 Å². The number of unbranched alkanes of at least 4 members (excludes halogenated alkanes) is 3. The highest BCUT2D eigenvalue weighted by atomic mass is 15.4. The molecule has 20 heavy (non-hydrogen) atoms. The topological polar surface area (TPSA) is 41.6 Å². The van der Waals surface area contributed by atoms with Gasteiger partial charge in [0, 0.05) is 5.69 Å². The molecular weight excluding hydrogens is 246 g/mol. The molecule has 1 unspecified atom stereocenters. The van der Waals surface area contributed by atoms with Crippen LogP contribution in [-0.4, -0.2) is 18.0 Å². The zero-order chi connectivity index (χ0) is 14.6. The Morgan fingerprint density at radius 1 is 1.30 bits per heavy atom. The lowest BCUT2D eigenvalue weighted by Gasteiger charge is -2.36. The second kappa shape index (κ2) is 6.29. The van der Waals surface area contributed by atoms with E-state index in [-0.39, 0.29) is 5.54 Å². The first-order valence-corrected chi connectivity index (χ1v) is 7.73. The molecule has 0 aromatic heterocycles. The van der Waals surface area contributed by atoms with Crippen LogP contribution in [0.15, 0.2) is 29.3 Å². The van der Waals surface area contributed by atoms with E-state index in [9.17, 15) is 0 Å². The van der Waals surface area contributed by atoms with Crippen molar-refractivity contribution in [2.45, 2.75) is 58.4 Å². The number of nitrogens with zero attached hydrogens (tertiary/aromatic N) is 2. The fourth-order valence-corrected chi connectivity index (χ4v) is 3.00. The van der Waals surface area contributed by atoms with E-state index in [0.717, 1.165) is 13.0 Å². The maximum Gasteiger partial charge on any atom is 0.196 e. The third-order valence-electron chi connectivity index (χ3n) is 4.18. The molecule has 1 heterocycles. The van der Waals surface area contributed by atoms with E-state index >= 15 is 0 Å². The summed E-state index contributed by atoms with van der Waals surface area (Å²) in [6.45, 7) is 7.45. The summed E-state index contributed by atoms with van der Waals surface area (Å²) in [5.74, 6) is 0.661. The van der Waals surface area contributed by atoms with E-state index < -0.39 is 0 Å². The van der Waals surface area contributed by atoms with Crippen molar-refractivity contribution in [1.29, 1.82) is 0 Å². The van der Waals surface area contributed by atoms with Gasteiger partial charge in [-0.15, -0.1) is 0 Å². The van der Waals surface area contributed by atoms with Crippen molar-refractivity contribution in [3.63, 3.8) is 0 Å². The molecule has 2 rings (SSSR count). The minimum absolute atomic E-state index is 0.0334. The van der Waals surface area contributed by atoms with Gasteiger partial charge >= 0.3 is 0 Å². The van der Waals surface area contributed by atoms with Gasteiger partial charge in [-0.2, -0.15) is 0 Å². The highest BCUT2D eigenvalue weighted by molar-refractivity contribution is 5.98. The van der Waals surface area contributed by atoms with Crippen molar-refractivity contribution in [3.8, 4) is 0 Å². The molecule has 1 aromatic carbocycles. The number of hydrogen-bond donors (Lipinski definition) is 1. The minimum Gasteiger partial charge on any atom is -0.369 e. The van der Waals surface area contributed by atoms with Crippen LogP contribution in [0, 0.1) is 6.92 Å². The highest BCUT2D eigenvalue weighted by Crippen LogP contribution is 2.33. The van der Waals surface area contributed by atoms with Crippen LogP contribution in [0.5, 0.6) is 0 Å². The quantitative estimate of drug-likeness (QED) is 0.800. The molecule has 1 aliphatic heterocycles. The molecule has 110 valence electrons. The van der Waals surface area contributed by atoms with E-state index in [1.54, 1.807) is 0 Å². The fourth-order valence-electron chi connectivity index (χ4n) is 3.00. The molecule has 0 spiro atoms. The number of anilines is 1. The molecule has 1 aromatic rings. The van der Waals surface area contributed by atoms with Crippen molar-refractivity contribution in [2.24, 2.45) is 10.7 Å². The molecule has 3 nitrogen and oxygen atoms in total. The molecule has 3 heteroatoms. The number of benzene rings is 1. The van der Waals surface area contributed by atoms with Crippen molar-refractivity contribution < 1.29 is 0 Å². The highest BCUT2D eigenvalue weighted by Gasteiger charge is 2.38. The van der Waals surface area contributed by atoms with Gasteiger partial charge in [0.1, 0.15) is 0 Å². The van der Waals surface area contributed by atoms with Crippen LogP contribution in [0.25, 0.3) is 0 Å². The van der Waals surface area contributed by atoms with Gasteiger partial charge in [-0.05, 0) is 38.0 Å². The zero-order valence-corrected chi connectivity index (χ0v) is 13.0. The molecule has 1 aliphatic rings. The molecule has 0 bridgehead atoms. The van der Waals surface area contributed by atoms with Crippen molar-refractivity contribution >= 4 is 11.6 Å². The van der Waals surface area contributed by atoms with Crippen molar-refractivity contribution in [3.05, 3.63) is 29.8 Å². The van der Waals surface area contributed by atoms with Gasteiger partial charge in [-0.25, -0.2) is 0 Å². The van der Waals surface area contributed by atoms with Crippen LogP contribution in [0.4, 0.5) is 5.69 Å². The summed E-state index contributed by atoms with van der Waals surface area (Å²) in [6, 6.07) is 8.53. The molecule has 1 atom stereocenters. The third kappa shape index (κ3) is 3.14. The fraction of sp³-hybridized carbons (Fsp3) is 0.588. The van der Waals surface area contributed by atoms with Crippen LogP contribution < -0.4 is 10.6 Å². The molecule has 0 amide bonds. The first-order chi connectivity index (χ1) is 9.57. The van der Waals surface area contributed by atoms with Crippen molar-refractivity contribution in [1.82, 2.24) is 0 Å². The Morgan fingerprint density at radius 2 is 2.10 bits per heavy atom. The summed E-state index contributed by atoms with van der Waals surface area (Å²) in [6.07, 6.45) is 6.28. The minimum atomic E-state index is 0.0334. The molecule has 0 saturated heterocycles. The first-order valence-electron chi connectivity index (χ1n) is 7.73. The van der Waals surface area contributed by atoms with E-state index in [4.69, 9.17) is 5.73 Å². The number of aryl methyl sites for hydroxylation is 1. The number of guanidine groups is 1. The lowest BCUT2D eigenvalue weighted by Crippen LogP contribution is -2.50. The van der Waals surface area contributed by atoms with E-state index in [2.05, 4.69) is 54.9 Å². The Labute approximate surface area is 122 Å². The number of rotatable bonds is 6. The molecule has 2 N–H and O–H groups in total. The average molecular weight is 273 g/mol. The lowest BCUT2D eigenvalue weighted by atomic mass is 9.92. The van der Waals surface area contributed by atoms with Crippen LogP contribution >= 0.6 is 0 Å². The molecule has 0 saturated carbocycles. The van der Waals surface area contributed by atoms with Gasteiger partial charge in [-0.3, -0.25) is 4.99 Å². The molecule has 0 fully saturated rings. The second-order valence-corrected chi connectivity index (χ2v) is 6.16. The summed E-state index contributed by atoms with van der Waals surface area (Å²) >= 11 is 0. The van der Waals surface area contributed by atoms with Gasteiger partial charge in [0.15, 0.2) is 5.96 Å². The summed E-state index contributed by atoms with van der Waals surface area (Å²) in [7, 11) is 0. The largest absolute Gasteiger partial charge is 0.369 e. The lowest BCUT2D eigenvalue weighted by molar-refractivity contribution is 0.435. The maximum atomic E-state index is 6.14. The number of aliphatic imine (C=N–C) groups is 1. The summed E-state index contributed by atoms with van der Waals surface area (Å²) < 4.78 is 0. The Hall–Kier alpha value is -1.51. The SMILES string of the molecule is CCCCCCC1(C)CN=C(N)N1c1cccc(C)c1. The summed E-state index contributed by atoms with van der Waals surface area (Å²) in [5, 5.41) is 0. The average Bonchev–Trinajstić information content (AvgIpc) is 2.71. The smallest absolute Gasteiger partial charge is 0.196 e. The third-order valence-corrected chi connectivity index (χ3v) is 4.18. The molecule has 0 radical (unpaired) electrons. The Bertz CT molecular complexity index is 481. The normalized spacial score (nSPS) is 22.1. The Kier molecular flexibility index (Phi) is 4.69. The second-order valence-electron chi connectivity index (χ2n) is 6.16. The van der Waals surface area contributed by atoms with Gasteiger partial charge in [0.2, 0.25) is 0 Å². The monoisotopic (exact) mass is 273 g/mol. The molecule has 0 aliphatic carbocycles. The predicted octanol–water partition coefficient (Wildman–Crippen LogP) is 3.86. The maximum absolute atomic E-state index is 6.14. The van der Waals surface area contributed by atoms with Crippen molar-refractivity contribution in [2.75, 3.05) is 11.4 Å². The Morgan fingerprint density at radius 3 is 2.80 bits per heavy atom. The van der Waals surface area contributed by atoms with Crippen LogP contribution in [-0.2, 0) is 0 Å². The van der Waals surface area contributed by atoms with Crippen LogP contribution in [0.3, 0.4) is 0 Å². The summed E-state index contributed by atoms with van der Waals surface area (Å²) in [4.78, 5) is 6.72. The number of hydrogen-bond acceptors (Lipinski definition) is 3. The van der Waals surface area contributed by atoms with Crippen LogP contribution in [0.1, 0.15) is 51.5 Å². The first kappa shape index (κ1) is 14.9. The van der Waals surface area contributed by atoms with Gasteiger partial charge in [0.25, 0.3) is 0 Å². The predicted molar refractivity (Wildman–Crippen MR) is 87.3 cm³/mol. The Balaban J connectivity index is 2.13. The summed E-state index contributed by atoms with van der Waals surface area (Å²) in [5.41, 5.74) is 8.60. The van der Waals surface area contributed by atoms with E-state index in [0.29, 0.717) is 5.96 Å². The standard InChI is InChI=1S/C17H27N3/c1-4-5-6-7-11-17(3)13-19-16(18)20(17)15-10-8-9-14(2)12-15/h8-10,12H,4-7,11,13H2,1-3H3,(H2,18,19). The van der Waals surface area contributed by atoms with E-state index in [1.807, 2.05) is 0 Å². The van der Waals surface area contributed by atoms with Crippen LogP contribution in [0.2, 0.25) is 0 Å². The zero-order valence-electron chi connectivity index (χ0n) is 13.0. The number of nitrogens with two attached hydrogens (primary N) is 1.